The lowest BCUT2D eigenvalue weighted by molar-refractivity contribution is -0.132. The zero-order chi connectivity index (χ0) is 16.8. The van der Waals surface area contributed by atoms with Crippen LogP contribution in [-0.4, -0.2) is 57.7 Å². The van der Waals surface area contributed by atoms with Crippen LogP contribution >= 0.6 is 0 Å². The number of nitrogens with one attached hydrogen (secondary N) is 2. The van der Waals surface area contributed by atoms with Crippen molar-refractivity contribution < 1.29 is 9.59 Å². The second kappa shape index (κ2) is 8.23. The van der Waals surface area contributed by atoms with Gasteiger partial charge < -0.3 is 10.2 Å². The highest BCUT2D eigenvalue weighted by atomic mass is 16.2. The topological polar surface area (TPSA) is 92.2 Å². The van der Waals surface area contributed by atoms with Crippen LogP contribution in [0.4, 0.5) is 5.95 Å². The van der Waals surface area contributed by atoms with Gasteiger partial charge in [-0.1, -0.05) is 12.8 Å². The standard InChI is InChI=1S/C16H26N6O2/c23-14(21-9-3-1-2-4-10-21)11-22-12-18-16(20-22)19-15(24)13-5-7-17-8-6-13/h12-13,17H,1-11H2,(H,19,20,24). The van der Waals surface area contributed by atoms with Crippen molar-refractivity contribution in [1.82, 2.24) is 25.0 Å². The Morgan fingerprint density at radius 3 is 2.58 bits per heavy atom. The van der Waals surface area contributed by atoms with Crippen molar-refractivity contribution in [3.05, 3.63) is 6.33 Å². The van der Waals surface area contributed by atoms with E-state index in [1.807, 2.05) is 4.90 Å². The summed E-state index contributed by atoms with van der Waals surface area (Å²) in [5, 5.41) is 10.2. The van der Waals surface area contributed by atoms with Crippen molar-refractivity contribution in [3.8, 4) is 0 Å². The summed E-state index contributed by atoms with van der Waals surface area (Å²) in [5.74, 6) is 0.324. The number of hydrogen-bond donors (Lipinski definition) is 2. The van der Waals surface area contributed by atoms with Crippen LogP contribution in [0.15, 0.2) is 6.33 Å². The van der Waals surface area contributed by atoms with Crippen molar-refractivity contribution in [2.75, 3.05) is 31.5 Å². The molecule has 0 bridgehead atoms. The number of hydrogen-bond acceptors (Lipinski definition) is 5. The summed E-state index contributed by atoms with van der Waals surface area (Å²) in [5.41, 5.74) is 0. The number of nitrogens with zero attached hydrogens (tertiary/aromatic N) is 4. The molecule has 2 saturated heterocycles. The zero-order valence-electron chi connectivity index (χ0n) is 14.0. The third kappa shape index (κ3) is 4.53. The Kier molecular flexibility index (Phi) is 5.79. The summed E-state index contributed by atoms with van der Waals surface area (Å²) in [6.07, 6.45) is 7.70. The number of likely N-dealkylation sites (tertiary alicyclic amines) is 1. The maximum atomic E-state index is 12.3. The van der Waals surface area contributed by atoms with Gasteiger partial charge in [-0.05, 0) is 38.8 Å². The molecule has 2 aliphatic rings. The summed E-state index contributed by atoms with van der Waals surface area (Å²) in [4.78, 5) is 30.5. The molecule has 3 heterocycles. The summed E-state index contributed by atoms with van der Waals surface area (Å²) < 4.78 is 1.51. The predicted molar refractivity (Wildman–Crippen MR) is 89.3 cm³/mol. The van der Waals surface area contributed by atoms with E-state index < -0.39 is 0 Å². The first kappa shape index (κ1) is 16.9. The largest absolute Gasteiger partial charge is 0.341 e. The minimum atomic E-state index is -0.0342. The zero-order valence-corrected chi connectivity index (χ0v) is 14.0. The molecular weight excluding hydrogens is 308 g/mol. The van der Waals surface area contributed by atoms with Crippen LogP contribution < -0.4 is 10.6 Å². The van der Waals surface area contributed by atoms with Gasteiger partial charge in [-0.15, -0.1) is 5.10 Å². The molecule has 3 rings (SSSR count). The van der Waals surface area contributed by atoms with E-state index in [4.69, 9.17) is 0 Å². The Labute approximate surface area is 142 Å². The van der Waals surface area contributed by atoms with Crippen molar-refractivity contribution >= 4 is 17.8 Å². The van der Waals surface area contributed by atoms with Crippen LogP contribution in [0, 0.1) is 5.92 Å². The molecule has 0 aromatic carbocycles. The van der Waals surface area contributed by atoms with Crippen molar-refractivity contribution in [1.29, 1.82) is 0 Å². The summed E-state index contributed by atoms with van der Waals surface area (Å²) in [7, 11) is 0. The number of carbonyl (C=O) groups is 2. The summed E-state index contributed by atoms with van der Waals surface area (Å²) in [6, 6.07) is 0. The molecule has 2 N–H and O–H groups in total. The van der Waals surface area contributed by atoms with Gasteiger partial charge in [0.15, 0.2) is 0 Å². The van der Waals surface area contributed by atoms with Crippen molar-refractivity contribution in [2.24, 2.45) is 5.92 Å². The van der Waals surface area contributed by atoms with E-state index in [1.165, 1.54) is 23.9 Å². The molecule has 0 radical (unpaired) electrons. The Morgan fingerprint density at radius 2 is 1.88 bits per heavy atom. The number of anilines is 1. The maximum Gasteiger partial charge on any atom is 0.248 e. The highest BCUT2D eigenvalue weighted by Crippen LogP contribution is 2.14. The lowest BCUT2D eigenvalue weighted by Crippen LogP contribution is -2.35. The molecular formula is C16H26N6O2. The van der Waals surface area contributed by atoms with Crippen LogP contribution in [0.3, 0.4) is 0 Å². The summed E-state index contributed by atoms with van der Waals surface area (Å²) in [6.45, 7) is 3.56. The fourth-order valence-electron chi connectivity index (χ4n) is 3.28. The molecule has 0 aliphatic carbocycles. The average Bonchev–Trinajstić information content (AvgIpc) is 2.86. The Balaban J connectivity index is 1.51. The van der Waals surface area contributed by atoms with Gasteiger partial charge in [0.05, 0.1) is 0 Å². The number of piperidine rings is 1. The van der Waals surface area contributed by atoms with E-state index >= 15 is 0 Å². The molecule has 0 saturated carbocycles. The molecule has 24 heavy (non-hydrogen) atoms. The van der Waals surface area contributed by atoms with Gasteiger partial charge in [-0.25, -0.2) is 9.67 Å². The minimum absolute atomic E-state index is 0.0110. The molecule has 1 aromatic heterocycles. The van der Waals surface area contributed by atoms with Gasteiger partial charge in [-0.3, -0.25) is 14.9 Å². The van der Waals surface area contributed by atoms with Gasteiger partial charge in [0.25, 0.3) is 0 Å². The number of aromatic nitrogens is 3. The SMILES string of the molecule is O=C(Nc1ncn(CC(=O)N2CCCCCC2)n1)C1CCNCC1. The molecule has 2 aliphatic heterocycles. The monoisotopic (exact) mass is 334 g/mol. The Bertz CT molecular complexity index is 559. The van der Waals surface area contributed by atoms with Crippen LogP contribution in [0.1, 0.15) is 38.5 Å². The number of rotatable bonds is 4. The smallest absolute Gasteiger partial charge is 0.248 e. The van der Waals surface area contributed by atoms with Gasteiger partial charge in [-0.2, -0.15) is 0 Å². The van der Waals surface area contributed by atoms with Gasteiger partial charge in [0.1, 0.15) is 12.9 Å². The van der Waals surface area contributed by atoms with E-state index in [-0.39, 0.29) is 30.2 Å². The highest BCUT2D eigenvalue weighted by molar-refractivity contribution is 5.90. The van der Waals surface area contributed by atoms with E-state index in [2.05, 4.69) is 20.7 Å². The van der Waals surface area contributed by atoms with Crippen LogP contribution in [0.25, 0.3) is 0 Å². The predicted octanol–water partition coefficient (Wildman–Crippen LogP) is 0.619. The number of amides is 2. The second-order valence-corrected chi connectivity index (χ2v) is 6.57. The Morgan fingerprint density at radius 1 is 1.17 bits per heavy atom. The fourth-order valence-corrected chi connectivity index (χ4v) is 3.28. The fraction of sp³-hybridized carbons (Fsp3) is 0.750. The van der Waals surface area contributed by atoms with Crippen LogP contribution in [0.2, 0.25) is 0 Å². The van der Waals surface area contributed by atoms with E-state index in [0.717, 1.165) is 51.9 Å². The molecule has 8 nitrogen and oxygen atoms in total. The highest BCUT2D eigenvalue weighted by Gasteiger charge is 2.22. The molecule has 132 valence electrons. The third-order valence-electron chi connectivity index (χ3n) is 4.74. The maximum absolute atomic E-state index is 12.3. The number of carbonyl (C=O) groups excluding carboxylic acids is 2. The first-order valence-electron chi connectivity index (χ1n) is 8.91. The third-order valence-corrected chi connectivity index (χ3v) is 4.74. The summed E-state index contributed by atoms with van der Waals surface area (Å²) >= 11 is 0. The lowest BCUT2D eigenvalue weighted by atomic mass is 9.97. The molecule has 8 heteroatoms. The Hall–Kier alpha value is -1.96. The van der Waals surface area contributed by atoms with Crippen LogP contribution in [0.5, 0.6) is 0 Å². The van der Waals surface area contributed by atoms with Crippen LogP contribution in [-0.2, 0) is 16.1 Å². The van der Waals surface area contributed by atoms with Gasteiger partial charge in [0.2, 0.25) is 17.8 Å². The van der Waals surface area contributed by atoms with Crippen molar-refractivity contribution in [2.45, 2.75) is 45.1 Å². The molecule has 2 fully saturated rings. The first-order chi connectivity index (χ1) is 11.7. The average molecular weight is 334 g/mol. The molecule has 0 unspecified atom stereocenters. The minimum Gasteiger partial charge on any atom is -0.341 e. The van der Waals surface area contributed by atoms with E-state index in [9.17, 15) is 9.59 Å². The van der Waals surface area contributed by atoms with E-state index in [1.54, 1.807) is 0 Å². The molecule has 1 aromatic rings. The first-order valence-corrected chi connectivity index (χ1v) is 8.91. The van der Waals surface area contributed by atoms with Crippen molar-refractivity contribution in [3.63, 3.8) is 0 Å². The molecule has 2 amide bonds. The normalized spacial score (nSPS) is 19.8. The van der Waals surface area contributed by atoms with Gasteiger partial charge in [0, 0.05) is 19.0 Å². The molecule has 0 spiro atoms. The molecule has 0 atom stereocenters. The quantitative estimate of drug-likeness (QED) is 0.842. The lowest BCUT2D eigenvalue weighted by Gasteiger charge is -2.21. The second-order valence-electron chi connectivity index (χ2n) is 6.57. The van der Waals surface area contributed by atoms with Gasteiger partial charge >= 0.3 is 0 Å². The van der Waals surface area contributed by atoms with E-state index in [0.29, 0.717) is 0 Å².